The van der Waals surface area contributed by atoms with Gasteiger partial charge >= 0.3 is 12.1 Å². The van der Waals surface area contributed by atoms with E-state index in [0.717, 1.165) is 29.7 Å². The third-order valence-electron chi connectivity index (χ3n) is 5.41. The highest BCUT2D eigenvalue weighted by Gasteiger charge is 2.18. The summed E-state index contributed by atoms with van der Waals surface area (Å²) in [6.07, 6.45) is 2.50. The quantitative estimate of drug-likeness (QED) is 0.407. The summed E-state index contributed by atoms with van der Waals surface area (Å²) in [7, 11) is 3.72. The zero-order chi connectivity index (χ0) is 25.2. The molecule has 8 heteroatoms. The number of aryl methyl sites for hydroxylation is 1. The van der Waals surface area contributed by atoms with Crippen molar-refractivity contribution in [3.05, 3.63) is 82.8 Å². The molecule has 0 unspecified atom stereocenters. The van der Waals surface area contributed by atoms with Crippen molar-refractivity contribution in [3.8, 4) is 0 Å². The van der Waals surface area contributed by atoms with Gasteiger partial charge in [-0.15, -0.1) is 0 Å². The molecule has 0 bridgehead atoms. The van der Waals surface area contributed by atoms with Crippen molar-refractivity contribution in [3.63, 3.8) is 0 Å². The van der Waals surface area contributed by atoms with Gasteiger partial charge in [-0.3, -0.25) is 10.1 Å². The Labute approximate surface area is 206 Å². The number of hydrogen-bond donors (Lipinski definition) is 2. The van der Waals surface area contributed by atoms with E-state index in [0.29, 0.717) is 35.7 Å². The van der Waals surface area contributed by atoms with Gasteiger partial charge in [0.15, 0.2) is 0 Å². The van der Waals surface area contributed by atoms with Gasteiger partial charge in [-0.1, -0.05) is 55.8 Å². The van der Waals surface area contributed by atoms with E-state index < -0.39 is 12.1 Å². The first-order valence-corrected chi connectivity index (χ1v) is 11.7. The third kappa shape index (κ3) is 7.81. The number of carboxylic acid groups (broad SMARTS) is 1. The lowest BCUT2D eigenvalue weighted by Gasteiger charge is -2.19. The Balaban J connectivity index is 1.70. The molecule has 35 heavy (non-hydrogen) atoms. The molecule has 184 valence electrons. The smallest absolute Gasteiger partial charge is 0.411 e. The predicted molar refractivity (Wildman–Crippen MR) is 136 cm³/mol. The number of anilines is 2. The molecule has 2 aromatic carbocycles. The molecule has 0 spiro atoms. The maximum absolute atomic E-state index is 12.1. The van der Waals surface area contributed by atoms with Crippen LogP contribution < -0.4 is 10.2 Å². The standard InChI is InChI=1S/C27H32N4O4/c1-4-5-11-23-22(17-25(32)33)26(31(2)3)30-24(29-23)16-19-12-14-21(15-13-19)28-27(34)35-18-20-9-7-6-8-10-20/h6-10,12-15H,4-5,11,16-18H2,1-3H3,(H,28,34)(H,32,33). The van der Waals surface area contributed by atoms with E-state index in [1.807, 2.05) is 73.6 Å². The molecule has 1 aromatic heterocycles. The van der Waals surface area contributed by atoms with Crippen LogP contribution in [0.3, 0.4) is 0 Å². The Morgan fingerprint density at radius 2 is 1.71 bits per heavy atom. The fraction of sp³-hybridized carbons (Fsp3) is 0.333. The summed E-state index contributed by atoms with van der Waals surface area (Å²) in [6.45, 7) is 2.30. The van der Waals surface area contributed by atoms with Crippen molar-refractivity contribution in [2.45, 2.75) is 45.6 Å². The van der Waals surface area contributed by atoms with Gasteiger partial charge in [0.05, 0.1) is 12.1 Å². The first-order valence-electron chi connectivity index (χ1n) is 11.7. The molecule has 3 rings (SSSR count). The van der Waals surface area contributed by atoms with Crippen LogP contribution in [0.25, 0.3) is 0 Å². The summed E-state index contributed by atoms with van der Waals surface area (Å²) < 4.78 is 5.26. The third-order valence-corrected chi connectivity index (χ3v) is 5.41. The molecule has 2 N–H and O–H groups in total. The largest absolute Gasteiger partial charge is 0.481 e. The molecule has 8 nitrogen and oxygen atoms in total. The topological polar surface area (TPSA) is 105 Å². The van der Waals surface area contributed by atoms with Gasteiger partial charge in [0, 0.05) is 31.8 Å². The van der Waals surface area contributed by atoms with Crippen molar-refractivity contribution < 1.29 is 19.4 Å². The summed E-state index contributed by atoms with van der Waals surface area (Å²) in [5.74, 6) is 0.382. The molecular weight excluding hydrogens is 444 g/mol. The molecule has 0 aliphatic heterocycles. The second-order valence-corrected chi connectivity index (χ2v) is 8.52. The van der Waals surface area contributed by atoms with Gasteiger partial charge in [0.25, 0.3) is 0 Å². The van der Waals surface area contributed by atoms with Crippen LogP contribution in [-0.4, -0.2) is 41.2 Å². The van der Waals surface area contributed by atoms with Crippen molar-refractivity contribution in [2.75, 3.05) is 24.3 Å². The number of carboxylic acids is 1. The van der Waals surface area contributed by atoms with Gasteiger partial charge in [-0.25, -0.2) is 14.8 Å². The van der Waals surface area contributed by atoms with Gasteiger partial charge in [0.1, 0.15) is 18.2 Å². The molecule has 1 heterocycles. The minimum atomic E-state index is -0.896. The summed E-state index contributed by atoms with van der Waals surface area (Å²) in [5.41, 5.74) is 3.99. The number of hydrogen-bond acceptors (Lipinski definition) is 6. The Kier molecular flexibility index (Phi) is 9.17. The van der Waals surface area contributed by atoms with Crippen molar-refractivity contribution in [1.29, 1.82) is 0 Å². The molecule has 3 aromatic rings. The number of aliphatic carboxylic acids is 1. The Hall–Kier alpha value is -3.94. The Bertz CT molecular complexity index is 1130. The van der Waals surface area contributed by atoms with E-state index in [9.17, 15) is 14.7 Å². The summed E-state index contributed by atoms with van der Waals surface area (Å²) >= 11 is 0. The highest BCUT2D eigenvalue weighted by atomic mass is 16.5. The number of rotatable bonds is 11. The van der Waals surface area contributed by atoms with Crippen LogP contribution in [0.15, 0.2) is 54.6 Å². The fourth-order valence-electron chi connectivity index (χ4n) is 3.66. The second-order valence-electron chi connectivity index (χ2n) is 8.52. The number of benzene rings is 2. The Morgan fingerprint density at radius 3 is 2.34 bits per heavy atom. The predicted octanol–water partition coefficient (Wildman–Crippen LogP) is 4.85. The van der Waals surface area contributed by atoms with Crippen molar-refractivity contribution >= 4 is 23.6 Å². The number of aromatic nitrogens is 2. The highest BCUT2D eigenvalue weighted by Crippen LogP contribution is 2.23. The number of amides is 1. The van der Waals surface area contributed by atoms with Crippen LogP contribution in [0.1, 0.15) is 48.0 Å². The number of nitrogens with one attached hydrogen (secondary N) is 1. The molecule has 0 saturated heterocycles. The zero-order valence-corrected chi connectivity index (χ0v) is 20.5. The second kappa shape index (κ2) is 12.5. The van der Waals surface area contributed by atoms with Gasteiger partial charge < -0.3 is 14.7 Å². The summed E-state index contributed by atoms with van der Waals surface area (Å²) in [5, 5.41) is 12.1. The van der Waals surface area contributed by atoms with E-state index in [2.05, 4.69) is 17.2 Å². The molecule has 1 amide bonds. The van der Waals surface area contributed by atoms with Crippen LogP contribution in [0, 0.1) is 0 Å². The number of nitrogens with zero attached hydrogens (tertiary/aromatic N) is 3. The van der Waals surface area contributed by atoms with E-state index in [-0.39, 0.29) is 13.0 Å². The minimum Gasteiger partial charge on any atom is -0.481 e. The lowest BCUT2D eigenvalue weighted by Crippen LogP contribution is -2.20. The minimum absolute atomic E-state index is 0.104. The molecular formula is C27H32N4O4. The zero-order valence-electron chi connectivity index (χ0n) is 20.5. The van der Waals surface area contributed by atoms with Crippen molar-refractivity contribution in [2.24, 2.45) is 0 Å². The van der Waals surface area contributed by atoms with E-state index >= 15 is 0 Å². The number of carbonyl (C=O) groups excluding carboxylic acids is 1. The maximum Gasteiger partial charge on any atom is 0.411 e. The molecule has 0 aliphatic rings. The van der Waals surface area contributed by atoms with E-state index in [1.54, 1.807) is 0 Å². The first kappa shape index (κ1) is 25.7. The number of unbranched alkanes of at least 4 members (excludes halogenated alkanes) is 1. The van der Waals surface area contributed by atoms with Gasteiger partial charge in [-0.2, -0.15) is 0 Å². The fourth-order valence-corrected chi connectivity index (χ4v) is 3.66. The van der Waals surface area contributed by atoms with E-state index in [1.165, 1.54) is 0 Å². The first-order chi connectivity index (χ1) is 16.9. The molecule has 0 fully saturated rings. The molecule has 0 aliphatic carbocycles. The summed E-state index contributed by atoms with van der Waals surface area (Å²) in [4.78, 5) is 34.8. The van der Waals surface area contributed by atoms with E-state index in [4.69, 9.17) is 9.72 Å². The molecule has 0 atom stereocenters. The van der Waals surface area contributed by atoms with Crippen LogP contribution >= 0.6 is 0 Å². The van der Waals surface area contributed by atoms with Gasteiger partial charge in [-0.05, 0) is 36.1 Å². The lowest BCUT2D eigenvalue weighted by atomic mass is 10.0. The number of ether oxygens (including phenoxy) is 1. The van der Waals surface area contributed by atoms with Crippen LogP contribution in [-0.2, 0) is 35.4 Å². The average Bonchev–Trinajstić information content (AvgIpc) is 2.84. The average molecular weight is 477 g/mol. The summed E-state index contributed by atoms with van der Waals surface area (Å²) in [6, 6.07) is 16.9. The van der Waals surface area contributed by atoms with Gasteiger partial charge in [0.2, 0.25) is 0 Å². The normalized spacial score (nSPS) is 10.6. The Morgan fingerprint density at radius 1 is 1.00 bits per heavy atom. The molecule has 0 radical (unpaired) electrons. The maximum atomic E-state index is 12.1. The van der Waals surface area contributed by atoms with Crippen LogP contribution in [0.5, 0.6) is 0 Å². The monoisotopic (exact) mass is 476 g/mol. The van der Waals surface area contributed by atoms with Crippen LogP contribution in [0.4, 0.5) is 16.3 Å². The number of carbonyl (C=O) groups is 2. The highest BCUT2D eigenvalue weighted by molar-refractivity contribution is 5.84. The van der Waals surface area contributed by atoms with Crippen molar-refractivity contribution in [1.82, 2.24) is 9.97 Å². The van der Waals surface area contributed by atoms with Crippen LogP contribution in [0.2, 0.25) is 0 Å². The molecule has 0 saturated carbocycles. The SMILES string of the molecule is CCCCc1nc(Cc2ccc(NC(=O)OCc3ccccc3)cc2)nc(N(C)C)c1CC(=O)O. The lowest BCUT2D eigenvalue weighted by molar-refractivity contribution is -0.136.